The largest absolute Gasteiger partial charge is 0.430 e. The Morgan fingerprint density at radius 1 is 0.727 bits per heavy atom. The van der Waals surface area contributed by atoms with E-state index in [2.05, 4.69) is 16.7 Å². The Kier molecular flexibility index (Phi) is 7.76. The lowest BCUT2D eigenvalue weighted by molar-refractivity contribution is -0.376. The molecule has 2 aromatic rings. The van der Waals surface area contributed by atoms with E-state index in [1.165, 1.54) is 12.8 Å². The van der Waals surface area contributed by atoms with Crippen LogP contribution in [0, 0.1) is 0 Å². The first-order valence-corrected chi connectivity index (χ1v) is 11.0. The lowest BCUT2D eigenvalue weighted by Crippen LogP contribution is -2.53. The number of benzene rings is 2. The van der Waals surface area contributed by atoms with Crippen LogP contribution in [0.5, 0.6) is 0 Å². The maximum atomic E-state index is 13.0. The minimum absolute atomic E-state index is 0.460. The Hall–Kier alpha value is -2.10. The molecule has 0 aromatic heterocycles. The first kappa shape index (κ1) is 25.5. The molecule has 182 valence electrons. The Labute approximate surface area is 189 Å². The zero-order valence-electron chi connectivity index (χ0n) is 18.4. The molecule has 1 aliphatic heterocycles. The Balaban J connectivity index is 1.66. The van der Waals surface area contributed by atoms with Crippen LogP contribution in [0.15, 0.2) is 48.5 Å². The third kappa shape index (κ3) is 5.70. The van der Waals surface area contributed by atoms with E-state index in [-0.39, 0.29) is 0 Å². The molecular formula is C24H28F6N2O. The minimum atomic E-state index is -5.89. The molecule has 1 fully saturated rings. The lowest BCUT2D eigenvalue weighted by atomic mass is 9.90. The van der Waals surface area contributed by atoms with Crippen LogP contribution in [0.1, 0.15) is 30.9 Å². The molecule has 0 unspecified atom stereocenters. The van der Waals surface area contributed by atoms with Crippen LogP contribution in [0.4, 0.5) is 26.3 Å². The molecule has 1 saturated heterocycles. The summed E-state index contributed by atoms with van der Waals surface area (Å²) >= 11 is 0. The Morgan fingerprint density at radius 2 is 1.18 bits per heavy atom. The van der Waals surface area contributed by atoms with Gasteiger partial charge in [-0.2, -0.15) is 26.3 Å². The molecule has 0 spiro atoms. The van der Waals surface area contributed by atoms with E-state index in [1.807, 2.05) is 12.1 Å². The fourth-order valence-corrected chi connectivity index (χ4v) is 4.01. The molecule has 1 heterocycles. The van der Waals surface area contributed by atoms with Crippen molar-refractivity contribution in [2.75, 3.05) is 32.7 Å². The third-order valence-corrected chi connectivity index (χ3v) is 6.11. The van der Waals surface area contributed by atoms with Crippen molar-refractivity contribution in [3.63, 3.8) is 0 Å². The van der Waals surface area contributed by atoms with E-state index in [4.69, 9.17) is 0 Å². The van der Waals surface area contributed by atoms with Gasteiger partial charge >= 0.3 is 12.4 Å². The van der Waals surface area contributed by atoms with Gasteiger partial charge in [0.25, 0.3) is 5.60 Å². The molecule has 0 bridgehead atoms. The maximum Gasteiger partial charge on any atom is 0.430 e. The number of unbranched alkanes of at least 4 members (excludes halogenated alkanes) is 1. The molecule has 0 aliphatic carbocycles. The molecule has 1 N–H and O–H groups in total. The standard InChI is InChI=1S/C24H28F6N2O/c1-2-3-12-31-13-15-32(16-14-31)17-18-4-6-19(7-5-18)20-8-10-21(11-9-20)22(33,23(25,26)27)24(28,29)30/h4-11,33H,2-3,12-17H2,1H3. The van der Waals surface area contributed by atoms with Crippen molar-refractivity contribution in [1.82, 2.24) is 9.80 Å². The van der Waals surface area contributed by atoms with E-state index < -0.39 is 23.5 Å². The number of aliphatic hydroxyl groups is 1. The van der Waals surface area contributed by atoms with E-state index in [9.17, 15) is 31.4 Å². The highest BCUT2D eigenvalue weighted by Crippen LogP contribution is 2.50. The van der Waals surface area contributed by atoms with Crippen molar-refractivity contribution < 1.29 is 31.4 Å². The molecular weight excluding hydrogens is 446 g/mol. The van der Waals surface area contributed by atoms with Gasteiger partial charge in [0, 0.05) is 38.3 Å². The molecule has 1 aliphatic rings. The second-order valence-electron chi connectivity index (χ2n) is 8.45. The summed E-state index contributed by atoms with van der Waals surface area (Å²) in [4.78, 5) is 4.83. The van der Waals surface area contributed by atoms with Crippen molar-refractivity contribution >= 4 is 0 Å². The lowest BCUT2D eigenvalue weighted by Gasteiger charge is -2.34. The summed E-state index contributed by atoms with van der Waals surface area (Å²) in [5.74, 6) is 0. The van der Waals surface area contributed by atoms with Crippen LogP contribution < -0.4 is 0 Å². The van der Waals surface area contributed by atoms with Crippen LogP contribution >= 0.6 is 0 Å². The van der Waals surface area contributed by atoms with Gasteiger partial charge in [0.05, 0.1) is 0 Å². The second kappa shape index (κ2) is 10.0. The minimum Gasteiger partial charge on any atom is -0.369 e. The number of rotatable bonds is 7. The molecule has 9 heteroatoms. The van der Waals surface area contributed by atoms with Gasteiger partial charge in [0.15, 0.2) is 0 Å². The quantitative estimate of drug-likeness (QED) is 0.531. The molecule has 0 amide bonds. The summed E-state index contributed by atoms with van der Waals surface area (Å²) in [5.41, 5.74) is -3.97. The normalized spacial score (nSPS) is 16.8. The van der Waals surface area contributed by atoms with E-state index in [0.717, 1.165) is 57.0 Å². The smallest absolute Gasteiger partial charge is 0.369 e. The van der Waals surface area contributed by atoms with Gasteiger partial charge < -0.3 is 10.0 Å². The van der Waals surface area contributed by atoms with Crippen molar-refractivity contribution in [3.8, 4) is 11.1 Å². The number of hydrogen-bond donors (Lipinski definition) is 1. The summed E-state index contributed by atoms with van der Waals surface area (Å²) in [6.07, 6.45) is -9.40. The predicted octanol–water partition coefficient (Wildman–Crippen LogP) is 5.58. The number of hydrogen-bond acceptors (Lipinski definition) is 3. The Bertz CT molecular complexity index is 871. The second-order valence-corrected chi connectivity index (χ2v) is 8.45. The first-order chi connectivity index (χ1) is 15.5. The van der Waals surface area contributed by atoms with Crippen molar-refractivity contribution in [1.29, 1.82) is 0 Å². The average molecular weight is 474 g/mol. The Morgan fingerprint density at radius 3 is 1.64 bits per heavy atom. The molecule has 33 heavy (non-hydrogen) atoms. The fraction of sp³-hybridized carbons (Fsp3) is 0.500. The van der Waals surface area contributed by atoms with Crippen molar-refractivity contribution in [3.05, 3.63) is 59.7 Å². The zero-order chi connectivity index (χ0) is 24.3. The van der Waals surface area contributed by atoms with Gasteiger partial charge in [-0.1, -0.05) is 61.9 Å². The van der Waals surface area contributed by atoms with Crippen LogP contribution in [0.2, 0.25) is 0 Å². The molecule has 0 saturated carbocycles. The summed E-state index contributed by atoms with van der Waals surface area (Å²) in [6, 6.07) is 11.1. The average Bonchev–Trinajstić information content (AvgIpc) is 2.77. The maximum absolute atomic E-state index is 13.0. The topological polar surface area (TPSA) is 26.7 Å². The molecule has 3 rings (SSSR count). The highest BCUT2D eigenvalue weighted by molar-refractivity contribution is 5.64. The monoisotopic (exact) mass is 474 g/mol. The molecule has 3 nitrogen and oxygen atoms in total. The fourth-order valence-electron chi connectivity index (χ4n) is 4.01. The third-order valence-electron chi connectivity index (χ3n) is 6.11. The van der Waals surface area contributed by atoms with Gasteiger partial charge in [-0.15, -0.1) is 0 Å². The number of nitrogens with zero attached hydrogens (tertiary/aromatic N) is 2. The van der Waals surface area contributed by atoms with Crippen LogP contribution in [-0.2, 0) is 12.1 Å². The van der Waals surface area contributed by atoms with E-state index in [1.54, 1.807) is 12.1 Å². The number of piperazine rings is 1. The number of halogens is 6. The van der Waals surface area contributed by atoms with E-state index >= 15 is 0 Å². The van der Waals surface area contributed by atoms with Gasteiger partial charge in [-0.05, 0) is 29.7 Å². The molecule has 0 radical (unpaired) electrons. The van der Waals surface area contributed by atoms with Crippen LogP contribution in [0.25, 0.3) is 11.1 Å². The highest BCUT2D eigenvalue weighted by Gasteiger charge is 2.71. The van der Waals surface area contributed by atoms with Crippen LogP contribution in [-0.4, -0.2) is 60.0 Å². The molecule has 0 atom stereocenters. The summed E-state index contributed by atoms with van der Waals surface area (Å²) in [5, 5.41) is 9.51. The van der Waals surface area contributed by atoms with Gasteiger partial charge in [-0.3, -0.25) is 4.90 Å². The van der Waals surface area contributed by atoms with Gasteiger partial charge in [-0.25, -0.2) is 0 Å². The van der Waals surface area contributed by atoms with Gasteiger partial charge in [0.2, 0.25) is 0 Å². The summed E-state index contributed by atoms with van der Waals surface area (Å²) < 4.78 is 78.3. The number of alkyl halides is 6. The molecule has 2 aromatic carbocycles. The summed E-state index contributed by atoms with van der Waals surface area (Å²) in [7, 11) is 0. The SMILES string of the molecule is CCCCN1CCN(Cc2ccc(-c3ccc(C(O)(C(F)(F)F)C(F)(F)F)cc3)cc2)CC1. The zero-order valence-corrected chi connectivity index (χ0v) is 18.4. The van der Waals surface area contributed by atoms with Crippen molar-refractivity contribution in [2.45, 2.75) is 44.3 Å². The summed E-state index contributed by atoms with van der Waals surface area (Å²) in [6.45, 7) is 8.12. The van der Waals surface area contributed by atoms with Crippen LogP contribution in [0.3, 0.4) is 0 Å². The first-order valence-electron chi connectivity index (χ1n) is 11.0. The van der Waals surface area contributed by atoms with E-state index in [0.29, 0.717) is 23.3 Å². The van der Waals surface area contributed by atoms with Gasteiger partial charge in [0.1, 0.15) is 0 Å². The van der Waals surface area contributed by atoms with Crippen molar-refractivity contribution in [2.24, 2.45) is 0 Å². The highest BCUT2D eigenvalue weighted by atomic mass is 19.4. The predicted molar refractivity (Wildman–Crippen MR) is 115 cm³/mol.